The van der Waals surface area contributed by atoms with Crippen molar-refractivity contribution in [3.8, 4) is 11.5 Å². The molecule has 1 atom stereocenters. The van der Waals surface area contributed by atoms with Crippen LogP contribution in [0, 0.1) is 0 Å². The number of ether oxygens (including phenoxy) is 1. The molecule has 0 aliphatic rings. The highest BCUT2D eigenvalue weighted by atomic mass is 35.5. The fraction of sp³-hybridized carbons (Fsp3) is 0.250. The Morgan fingerprint density at radius 1 is 1.00 bits per heavy atom. The van der Waals surface area contributed by atoms with Gasteiger partial charge in [0.05, 0.1) is 10.0 Å². The minimum atomic E-state index is 0.237. The second kappa shape index (κ2) is 7.37. The summed E-state index contributed by atoms with van der Waals surface area (Å²) in [6, 6.07) is 11.0. The third-order valence-electron chi connectivity index (χ3n) is 3.08. The van der Waals surface area contributed by atoms with Crippen molar-refractivity contribution in [2.75, 3.05) is 6.54 Å². The van der Waals surface area contributed by atoms with E-state index in [1.165, 1.54) is 0 Å². The number of hydrogen-bond donors (Lipinski definition) is 1. The van der Waals surface area contributed by atoms with E-state index in [4.69, 9.17) is 39.5 Å². The van der Waals surface area contributed by atoms with Gasteiger partial charge in [0.15, 0.2) is 0 Å². The van der Waals surface area contributed by atoms with Crippen LogP contribution in [0.4, 0.5) is 0 Å². The van der Waals surface area contributed by atoms with Crippen LogP contribution in [-0.4, -0.2) is 6.54 Å². The number of hydrogen-bond acceptors (Lipinski definition) is 2. The van der Waals surface area contributed by atoms with E-state index in [-0.39, 0.29) is 6.04 Å². The van der Waals surface area contributed by atoms with Gasteiger partial charge in [-0.1, -0.05) is 47.8 Å². The minimum Gasteiger partial charge on any atom is -0.454 e. The van der Waals surface area contributed by atoms with Gasteiger partial charge in [-0.05, 0) is 49.4 Å². The zero-order chi connectivity index (χ0) is 15.4. The van der Waals surface area contributed by atoms with Gasteiger partial charge in [0.25, 0.3) is 0 Å². The van der Waals surface area contributed by atoms with Crippen LogP contribution in [-0.2, 0) is 0 Å². The number of nitrogens with one attached hydrogen (secondary N) is 1. The van der Waals surface area contributed by atoms with Gasteiger partial charge in [0, 0.05) is 11.1 Å². The maximum atomic E-state index is 6.29. The second-order valence-electron chi connectivity index (χ2n) is 4.65. The zero-order valence-electron chi connectivity index (χ0n) is 11.8. The molecule has 5 heteroatoms. The van der Waals surface area contributed by atoms with E-state index < -0.39 is 0 Å². The maximum absolute atomic E-state index is 6.29. The molecule has 1 N–H and O–H groups in total. The Labute approximate surface area is 140 Å². The van der Waals surface area contributed by atoms with Gasteiger partial charge in [0.2, 0.25) is 0 Å². The summed E-state index contributed by atoms with van der Waals surface area (Å²) in [7, 11) is 0. The molecule has 0 aliphatic heterocycles. The Morgan fingerprint density at radius 2 is 1.62 bits per heavy atom. The van der Waals surface area contributed by atoms with E-state index in [0.717, 1.165) is 12.1 Å². The molecule has 2 aromatic carbocycles. The van der Waals surface area contributed by atoms with Crippen molar-refractivity contribution in [1.29, 1.82) is 0 Å². The first-order valence-corrected chi connectivity index (χ1v) is 7.80. The van der Waals surface area contributed by atoms with Gasteiger partial charge < -0.3 is 10.1 Å². The summed E-state index contributed by atoms with van der Waals surface area (Å²) in [5, 5.41) is 4.89. The van der Waals surface area contributed by atoms with Gasteiger partial charge in [-0.25, -0.2) is 0 Å². The van der Waals surface area contributed by atoms with Crippen LogP contribution < -0.4 is 10.1 Å². The van der Waals surface area contributed by atoms with Crippen molar-refractivity contribution in [2.45, 2.75) is 19.9 Å². The van der Waals surface area contributed by atoms with E-state index in [0.29, 0.717) is 26.6 Å². The first kappa shape index (κ1) is 16.4. The molecule has 0 heterocycles. The van der Waals surface area contributed by atoms with Gasteiger partial charge in [0.1, 0.15) is 11.5 Å². The van der Waals surface area contributed by atoms with Gasteiger partial charge in [-0.2, -0.15) is 0 Å². The molecule has 2 rings (SSSR count). The average molecular weight is 345 g/mol. The lowest BCUT2D eigenvalue weighted by atomic mass is 10.1. The smallest absolute Gasteiger partial charge is 0.146 e. The fourth-order valence-electron chi connectivity index (χ4n) is 1.97. The molecule has 0 saturated carbocycles. The molecule has 0 amide bonds. The van der Waals surface area contributed by atoms with Crippen LogP contribution in [0.5, 0.6) is 11.5 Å². The summed E-state index contributed by atoms with van der Waals surface area (Å²) < 4.78 is 5.75. The molecule has 0 bridgehead atoms. The molecule has 0 aliphatic carbocycles. The topological polar surface area (TPSA) is 21.3 Å². The van der Waals surface area contributed by atoms with Crippen LogP contribution in [0.25, 0.3) is 0 Å². The SMILES string of the molecule is CCNC(C)c1ccc(Oc2ccc(Cl)cc2Cl)c(Cl)c1. The first-order chi connectivity index (χ1) is 10.0. The normalized spacial score (nSPS) is 12.2. The quantitative estimate of drug-likeness (QED) is 0.706. The predicted molar refractivity (Wildman–Crippen MR) is 90.1 cm³/mol. The molecule has 1 unspecified atom stereocenters. The lowest BCUT2D eigenvalue weighted by Gasteiger charge is -2.15. The highest BCUT2D eigenvalue weighted by Crippen LogP contribution is 2.35. The summed E-state index contributed by atoms with van der Waals surface area (Å²) in [6.45, 7) is 5.06. The molecular weight excluding hydrogens is 329 g/mol. The number of benzene rings is 2. The lowest BCUT2D eigenvalue weighted by molar-refractivity contribution is 0.482. The molecule has 0 spiro atoms. The largest absolute Gasteiger partial charge is 0.454 e. The molecule has 0 radical (unpaired) electrons. The van der Waals surface area contributed by atoms with E-state index in [9.17, 15) is 0 Å². The number of halogens is 3. The maximum Gasteiger partial charge on any atom is 0.146 e. The van der Waals surface area contributed by atoms with Crippen molar-refractivity contribution in [3.63, 3.8) is 0 Å². The highest BCUT2D eigenvalue weighted by Gasteiger charge is 2.10. The minimum absolute atomic E-state index is 0.237. The Morgan fingerprint density at radius 3 is 2.19 bits per heavy atom. The molecule has 2 nitrogen and oxygen atoms in total. The van der Waals surface area contributed by atoms with E-state index in [1.54, 1.807) is 18.2 Å². The Balaban J connectivity index is 2.21. The van der Waals surface area contributed by atoms with Crippen LogP contribution in [0.2, 0.25) is 15.1 Å². The standard InChI is InChI=1S/C16H16Cl3NO/c1-3-20-10(2)11-4-6-15(13(18)8-11)21-16-7-5-12(17)9-14(16)19/h4-10,20H,3H2,1-2H3. The highest BCUT2D eigenvalue weighted by molar-refractivity contribution is 6.35. The Bertz CT molecular complexity index is 631. The van der Waals surface area contributed by atoms with E-state index >= 15 is 0 Å². The Kier molecular flexibility index (Phi) is 5.77. The van der Waals surface area contributed by atoms with Crippen molar-refractivity contribution in [1.82, 2.24) is 5.32 Å². The second-order valence-corrected chi connectivity index (χ2v) is 5.90. The predicted octanol–water partition coefficient (Wildman–Crippen LogP) is 6.11. The van der Waals surface area contributed by atoms with Crippen molar-refractivity contribution >= 4 is 34.8 Å². The van der Waals surface area contributed by atoms with Gasteiger partial charge in [-0.3, -0.25) is 0 Å². The Hall–Kier alpha value is -0.930. The molecule has 21 heavy (non-hydrogen) atoms. The van der Waals surface area contributed by atoms with E-state index in [2.05, 4.69) is 19.2 Å². The molecular formula is C16H16Cl3NO. The van der Waals surface area contributed by atoms with Crippen LogP contribution in [0.15, 0.2) is 36.4 Å². The third-order valence-corrected chi connectivity index (χ3v) is 3.91. The van der Waals surface area contributed by atoms with Crippen LogP contribution in [0.1, 0.15) is 25.5 Å². The average Bonchev–Trinajstić information content (AvgIpc) is 2.44. The molecule has 0 saturated heterocycles. The van der Waals surface area contributed by atoms with Gasteiger partial charge >= 0.3 is 0 Å². The van der Waals surface area contributed by atoms with Crippen molar-refractivity contribution in [3.05, 3.63) is 57.0 Å². The van der Waals surface area contributed by atoms with Crippen LogP contribution >= 0.6 is 34.8 Å². The fourth-order valence-corrected chi connectivity index (χ4v) is 2.64. The van der Waals surface area contributed by atoms with Crippen molar-refractivity contribution < 1.29 is 4.74 Å². The summed E-state index contributed by atoms with van der Waals surface area (Å²) in [5.74, 6) is 1.09. The van der Waals surface area contributed by atoms with Crippen LogP contribution in [0.3, 0.4) is 0 Å². The molecule has 112 valence electrons. The molecule has 0 fully saturated rings. The summed E-state index contributed by atoms with van der Waals surface area (Å²) in [4.78, 5) is 0. The summed E-state index contributed by atoms with van der Waals surface area (Å²) >= 11 is 18.2. The zero-order valence-corrected chi connectivity index (χ0v) is 14.1. The lowest BCUT2D eigenvalue weighted by Crippen LogP contribution is -2.17. The van der Waals surface area contributed by atoms with Gasteiger partial charge in [-0.15, -0.1) is 0 Å². The first-order valence-electron chi connectivity index (χ1n) is 6.67. The third kappa shape index (κ3) is 4.27. The van der Waals surface area contributed by atoms with E-state index in [1.807, 2.05) is 18.2 Å². The summed E-state index contributed by atoms with van der Waals surface area (Å²) in [5.41, 5.74) is 1.11. The van der Waals surface area contributed by atoms with Crippen molar-refractivity contribution in [2.24, 2.45) is 0 Å². The monoisotopic (exact) mass is 343 g/mol. The number of rotatable bonds is 5. The molecule has 0 aromatic heterocycles. The summed E-state index contributed by atoms with van der Waals surface area (Å²) in [6.07, 6.45) is 0. The molecule has 2 aromatic rings.